The molecule has 3 N–H and O–H groups in total. The van der Waals surface area contributed by atoms with Crippen LogP contribution < -0.4 is 10.5 Å². The van der Waals surface area contributed by atoms with Crippen LogP contribution in [-0.2, 0) is 0 Å². The lowest BCUT2D eigenvalue weighted by atomic mass is 10.3. The fourth-order valence-corrected chi connectivity index (χ4v) is 0.749. The molecule has 0 radical (unpaired) electrons. The number of H-pyrrole nitrogens is 1. The van der Waals surface area contributed by atoms with Crippen molar-refractivity contribution in [3.8, 4) is 11.9 Å². The van der Waals surface area contributed by atoms with Crippen molar-refractivity contribution in [2.75, 3.05) is 12.3 Å². The van der Waals surface area contributed by atoms with E-state index in [9.17, 15) is 0 Å². The Labute approximate surface area is 70.1 Å². The van der Waals surface area contributed by atoms with Crippen molar-refractivity contribution in [2.45, 2.75) is 13.3 Å². The van der Waals surface area contributed by atoms with Crippen LogP contribution in [-0.4, -0.2) is 16.8 Å². The molecule has 0 aliphatic heterocycles. The highest BCUT2D eigenvalue weighted by atomic mass is 16.5. The van der Waals surface area contributed by atoms with E-state index >= 15 is 0 Å². The average molecular weight is 166 g/mol. The Morgan fingerprint density at radius 2 is 2.50 bits per heavy atom. The zero-order valence-corrected chi connectivity index (χ0v) is 6.79. The molecular formula is C7H10N4O. The third-order valence-electron chi connectivity index (χ3n) is 1.32. The number of rotatable bonds is 3. The van der Waals surface area contributed by atoms with Gasteiger partial charge in [0, 0.05) is 0 Å². The zero-order valence-electron chi connectivity index (χ0n) is 6.79. The normalized spacial score (nSPS) is 9.33. The average Bonchev–Trinajstić information content (AvgIpc) is 2.43. The van der Waals surface area contributed by atoms with E-state index in [0.717, 1.165) is 6.42 Å². The summed E-state index contributed by atoms with van der Waals surface area (Å²) in [5, 5.41) is 14.8. The molecule has 12 heavy (non-hydrogen) atoms. The van der Waals surface area contributed by atoms with Crippen LogP contribution in [0.1, 0.15) is 18.9 Å². The molecule has 5 nitrogen and oxygen atoms in total. The van der Waals surface area contributed by atoms with Crippen LogP contribution in [0.2, 0.25) is 0 Å². The van der Waals surface area contributed by atoms with E-state index in [0.29, 0.717) is 6.61 Å². The minimum atomic E-state index is 0.253. The van der Waals surface area contributed by atoms with Crippen LogP contribution in [0.5, 0.6) is 5.88 Å². The van der Waals surface area contributed by atoms with Crippen molar-refractivity contribution in [3.05, 3.63) is 5.56 Å². The largest absolute Gasteiger partial charge is 0.476 e. The first-order chi connectivity index (χ1) is 5.79. The minimum absolute atomic E-state index is 0.253. The molecule has 1 heterocycles. The van der Waals surface area contributed by atoms with Crippen molar-refractivity contribution in [1.82, 2.24) is 10.2 Å². The number of aromatic nitrogens is 2. The lowest BCUT2D eigenvalue weighted by Crippen LogP contribution is -1.97. The summed E-state index contributed by atoms with van der Waals surface area (Å²) in [5.74, 6) is 0.542. The summed E-state index contributed by atoms with van der Waals surface area (Å²) >= 11 is 0. The molecule has 64 valence electrons. The summed E-state index contributed by atoms with van der Waals surface area (Å²) in [6, 6.07) is 1.91. The second-order valence-electron chi connectivity index (χ2n) is 2.28. The lowest BCUT2D eigenvalue weighted by Gasteiger charge is -1.98. The topological polar surface area (TPSA) is 87.7 Å². The van der Waals surface area contributed by atoms with E-state index in [4.69, 9.17) is 15.7 Å². The van der Waals surface area contributed by atoms with E-state index < -0.39 is 0 Å². The summed E-state index contributed by atoms with van der Waals surface area (Å²) in [6.45, 7) is 2.51. The maximum Gasteiger partial charge on any atom is 0.252 e. The highest BCUT2D eigenvalue weighted by molar-refractivity contribution is 5.53. The highest BCUT2D eigenvalue weighted by Gasteiger charge is 2.10. The molecule has 0 atom stereocenters. The molecular weight excluding hydrogens is 156 g/mol. The van der Waals surface area contributed by atoms with Crippen LogP contribution in [0.3, 0.4) is 0 Å². The second-order valence-corrected chi connectivity index (χ2v) is 2.28. The molecule has 0 aliphatic rings. The van der Waals surface area contributed by atoms with Gasteiger partial charge in [0.05, 0.1) is 6.61 Å². The number of anilines is 1. The summed E-state index contributed by atoms with van der Waals surface area (Å²) in [6.07, 6.45) is 0.873. The number of hydrogen-bond acceptors (Lipinski definition) is 4. The van der Waals surface area contributed by atoms with Gasteiger partial charge in [-0.05, 0) is 6.42 Å². The van der Waals surface area contributed by atoms with Crippen LogP contribution in [0.4, 0.5) is 5.82 Å². The maximum atomic E-state index is 8.62. The molecule has 0 saturated carbocycles. The monoisotopic (exact) mass is 166 g/mol. The van der Waals surface area contributed by atoms with Gasteiger partial charge in [0.1, 0.15) is 11.9 Å². The number of nitrogens with zero attached hydrogens (tertiary/aromatic N) is 2. The maximum absolute atomic E-state index is 8.62. The van der Waals surface area contributed by atoms with Gasteiger partial charge in [-0.1, -0.05) is 6.92 Å². The van der Waals surface area contributed by atoms with Gasteiger partial charge < -0.3 is 10.5 Å². The zero-order chi connectivity index (χ0) is 8.97. The molecule has 0 spiro atoms. The van der Waals surface area contributed by atoms with E-state index in [1.54, 1.807) is 0 Å². The second kappa shape index (κ2) is 3.62. The van der Waals surface area contributed by atoms with Crippen LogP contribution in [0.25, 0.3) is 0 Å². The van der Waals surface area contributed by atoms with Gasteiger partial charge in [-0.3, -0.25) is 5.10 Å². The minimum Gasteiger partial charge on any atom is -0.476 e. The third-order valence-corrected chi connectivity index (χ3v) is 1.32. The summed E-state index contributed by atoms with van der Waals surface area (Å²) in [5.41, 5.74) is 5.68. The number of ether oxygens (including phenoxy) is 1. The van der Waals surface area contributed by atoms with Crippen LogP contribution in [0, 0.1) is 11.3 Å². The van der Waals surface area contributed by atoms with Gasteiger partial charge >= 0.3 is 0 Å². The van der Waals surface area contributed by atoms with Crippen molar-refractivity contribution in [1.29, 1.82) is 5.26 Å². The molecule has 0 aliphatic carbocycles. The molecule has 0 fully saturated rings. The quantitative estimate of drug-likeness (QED) is 0.690. The van der Waals surface area contributed by atoms with Crippen molar-refractivity contribution >= 4 is 5.82 Å². The van der Waals surface area contributed by atoms with Gasteiger partial charge in [0.25, 0.3) is 5.88 Å². The number of hydrogen-bond donors (Lipinski definition) is 2. The van der Waals surface area contributed by atoms with E-state index in [1.165, 1.54) is 0 Å². The molecule has 0 unspecified atom stereocenters. The Morgan fingerprint density at radius 1 is 1.75 bits per heavy atom. The van der Waals surface area contributed by atoms with Crippen molar-refractivity contribution in [2.24, 2.45) is 0 Å². The number of aromatic amines is 1. The van der Waals surface area contributed by atoms with E-state index in [1.807, 2.05) is 13.0 Å². The fourth-order valence-electron chi connectivity index (χ4n) is 0.749. The Balaban J connectivity index is 2.79. The van der Waals surface area contributed by atoms with Gasteiger partial charge in [-0.2, -0.15) is 5.26 Å². The van der Waals surface area contributed by atoms with Gasteiger partial charge in [-0.15, -0.1) is 5.10 Å². The number of nitrogens with two attached hydrogens (primary N) is 1. The van der Waals surface area contributed by atoms with Gasteiger partial charge in [0.2, 0.25) is 0 Å². The molecule has 1 aromatic rings. The standard InChI is InChI=1S/C7H10N4O/c1-2-3-12-7-5(4-8)6(9)10-11-7/h2-3H2,1H3,(H3,9,10,11). The Kier molecular flexibility index (Phi) is 2.53. The number of nitrogens with one attached hydrogen (secondary N) is 1. The first-order valence-electron chi connectivity index (χ1n) is 3.66. The predicted molar refractivity (Wildman–Crippen MR) is 43.5 cm³/mol. The summed E-state index contributed by atoms with van der Waals surface area (Å²) in [4.78, 5) is 0. The van der Waals surface area contributed by atoms with Crippen molar-refractivity contribution in [3.63, 3.8) is 0 Å². The number of nitrogen functional groups attached to an aromatic ring is 1. The van der Waals surface area contributed by atoms with E-state index in [-0.39, 0.29) is 17.3 Å². The van der Waals surface area contributed by atoms with Crippen LogP contribution >= 0.6 is 0 Å². The fraction of sp³-hybridized carbons (Fsp3) is 0.429. The summed E-state index contributed by atoms with van der Waals surface area (Å²) in [7, 11) is 0. The van der Waals surface area contributed by atoms with Crippen LogP contribution in [0.15, 0.2) is 0 Å². The van der Waals surface area contributed by atoms with E-state index in [2.05, 4.69) is 10.2 Å². The Bertz CT molecular complexity index is 299. The first kappa shape index (κ1) is 8.40. The molecule has 0 aromatic carbocycles. The predicted octanol–water partition coefficient (Wildman–Crippen LogP) is 0.652. The molecule has 1 aromatic heterocycles. The van der Waals surface area contributed by atoms with Crippen molar-refractivity contribution < 1.29 is 4.74 Å². The number of nitriles is 1. The third kappa shape index (κ3) is 1.48. The highest BCUT2D eigenvalue weighted by Crippen LogP contribution is 2.18. The Hall–Kier alpha value is -1.70. The molecule has 0 saturated heterocycles. The van der Waals surface area contributed by atoms with Gasteiger partial charge in [0.15, 0.2) is 5.56 Å². The molecule has 1 rings (SSSR count). The molecule has 5 heteroatoms. The SMILES string of the molecule is CCCOc1n[nH]c(N)c1C#N. The molecule has 0 bridgehead atoms. The summed E-state index contributed by atoms with van der Waals surface area (Å²) < 4.78 is 5.15. The molecule has 0 amide bonds. The van der Waals surface area contributed by atoms with Gasteiger partial charge in [-0.25, -0.2) is 0 Å². The Morgan fingerprint density at radius 3 is 3.08 bits per heavy atom. The first-order valence-corrected chi connectivity index (χ1v) is 3.66. The lowest BCUT2D eigenvalue weighted by molar-refractivity contribution is 0.304. The smallest absolute Gasteiger partial charge is 0.252 e.